The molecule has 0 radical (unpaired) electrons. The van der Waals surface area contributed by atoms with E-state index in [1.54, 1.807) is 11.3 Å². The molecule has 112 valence electrons. The lowest BCUT2D eigenvalue weighted by atomic mass is 10.1. The molecule has 0 aliphatic carbocycles. The fourth-order valence-corrected chi connectivity index (χ4v) is 4.23. The molecule has 1 fully saturated rings. The van der Waals surface area contributed by atoms with Gasteiger partial charge in [-0.3, -0.25) is 4.79 Å². The summed E-state index contributed by atoms with van der Waals surface area (Å²) in [7, 11) is 0. The Morgan fingerprint density at radius 2 is 2.40 bits per heavy atom. The van der Waals surface area contributed by atoms with E-state index in [0.29, 0.717) is 18.4 Å². The minimum Gasteiger partial charge on any atom is -0.338 e. The van der Waals surface area contributed by atoms with Crippen molar-refractivity contribution in [3.63, 3.8) is 0 Å². The second-order valence-electron chi connectivity index (χ2n) is 5.29. The summed E-state index contributed by atoms with van der Waals surface area (Å²) in [4.78, 5) is 15.9. The smallest absolute Gasteiger partial charge is 0.222 e. The molecule has 1 aromatic rings. The first-order valence-electron chi connectivity index (χ1n) is 7.45. The summed E-state index contributed by atoms with van der Waals surface area (Å²) in [5.74, 6) is 0.330. The Kier molecular flexibility index (Phi) is 6.52. The summed E-state index contributed by atoms with van der Waals surface area (Å²) in [5.41, 5.74) is 0. The quantitative estimate of drug-likeness (QED) is 0.809. The van der Waals surface area contributed by atoms with E-state index in [9.17, 15) is 4.79 Å². The van der Waals surface area contributed by atoms with Crippen LogP contribution in [0.3, 0.4) is 0 Å². The SMILES string of the molecule is CCCN(C(=O)CCCc1ccc(Br)s1)C1CCNC1. The van der Waals surface area contributed by atoms with Gasteiger partial charge in [-0.15, -0.1) is 11.3 Å². The van der Waals surface area contributed by atoms with Crippen molar-refractivity contribution in [2.24, 2.45) is 0 Å². The minimum atomic E-state index is 0.330. The maximum Gasteiger partial charge on any atom is 0.222 e. The number of hydrogen-bond donors (Lipinski definition) is 1. The lowest BCUT2D eigenvalue weighted by Gasteiger charge is -2.28. The molecule has 1 N–H and O–H groups in total. The monoisotopic (exact) mass is 358 g/mol. The molecule has 0 bridgehead atoms. The van der Waals surface area contributed by atoms with Crippen LogP contribution >= 0.6 is 27.3 Å². The van der Waals surface area contributed by atoms with Crippen LogP contribution < -0.4 is 5.32 Å². The number of amides is 1. The standard InChI is InChI=1S/C15H23BrN2OS/c1-2-10-18(12-8-9-17-11-12)15(19)5-3-4-13-6-7-14(16)20-13/h6-7,12,17H,2-5,8-11H2,1H3. The second-order valence-corrected chi connectivity index (χ2v) is 7.84. The van der Waals surface area contributed by atoms with E-state index in [1.807, 2.05) is 0 Å². The van der Waals surface area contributed by atoms with Crippen LogP contribution in [0.2, 0.25) is 0 Å². The number of rotatable bonds is 7. The molecule has 1 unspecified atom stereocenters. The van der Waals surface area contributed by atoms with Gasteiger partial charge in [0, 0.05) is 30.4 Å². The molecule has 1 atom stereocenters. The first-order chi connectivity index (χ1) is 9.70. The van der Waals surface area contributed by atoms with Gasteiger partial charge in [-0.2, -0.15) is 0 Å². The van der Waals surface area contributed by atoms with Gasteiger partial charge in [-0.25, -0.2) is 0 Å². The molecule has 2 heterocycles. The molecule has 0 aromatic carbocycles. The highest BCUT2D eigenvalue weighted by Gasteiger charge is 2.25. The highest BCUT2D eigenvalue weighted by molar-refractivity contribution is 9.11. The van der Waals surface area contributed by atoms with Crippen LogP contribution in [-0.4, -0.2) is 36.5 Å². The highest BCUT2D eigenvalue weighted by Crippen LogP contribution is 2.23. The van der Waals surface area contributed by atoms with E-state index in [4.69, 9.17) is 0 Å². The van der Waals surface area contributed by atoms with Gasteiger partial charge < -0.3 is 10.2 Å². The third-order valence-electron chi connectivity index (χ3n) is 3.70. The highest BCUT2D eigenvalue weighted by atomic mass is 79.9. The summed E-state index contributed by atoms with van der Waals surface area (Å²) in [5, 5.41) is 3.35. The average molecular weight is 359 g/mol. The molecule has 2 rings (SSSR count). The van der Waals surface area contributed by atoms with Gasteiger partial charge in [0.25, 0.3) is 0 Å². The van der Waals surface area contributed by atoms with E-state index < -0.39 is 0 Å². The summed E-state index contributed by atoms with van der Waals surface area (Å²) in [6.45, 7) is 5.05. The molecular weight excluding hydrogens is 336 g/mol. The zero-order valence-electron chi connectivity index (χ0n) is 12.0. The number of halogens is 1. The first kappa shape index (κ1) is 16.0. The number of thiophene rings is 1. The average Bonchev–Trinajstić information content (AvgIpc) is 3.07. The van der Waals surface area contributed by atoms with Crippen molar-refractivity contribution in [1.29, 1.82) is 0 Å². The van der Waals surface area contributed by atoms with Crippen LogP contribution in [0.15, 0.2) is 15.9 Å². The van der Waals surface area contributed by atoms with Crippen LogP contribution in [0.25, 0.3) is 0 Å². The number of carbonyl (C=O) groups is 1. The van der Waals surface area contributed by atoms with Crippen molar-refractivity contribution in [2.75, 3.05) is 19.6 Å². The predicted octanol–water partition coefficient (Wildman–Crippen LogP) is 3.43. The van der Waals surface area contributed by atoms with Gasteiger partial charge in [-0.05, 0) is 60.3 Å². The number of nitrogens with zero attached hydrogens (tertiary/aromatic N) is 1. The molecule has 1 saturated heterocycles. The van der Waals surface area contributed by atoms with Crippen molar-refractivity contribution in [3.05, 3.63) is 20.8 Å². The van der Waals surface area contributed by atoms with Crippen molar-refractivity contribution in [3.8, 4) is 0 Å². The maximum absolute atomic E-state index is 12.4. The fourth-order valence-electron chi connectivity index (χ4n) is 2.70. The second kappa shape index (κ2) is 8.15. The summed E-state index contributed by atoms with van der Waals surface area (Å²) in [6, 6.07) is 4.64. The molecular formula is C15H23BrN2OS. The van der Waals surface area contributed by atoms with E-state index in [0.717, 1.165) is 45.3 Å². The molecule has 1 amide bonds. The van der Waals surface area contributed by atoms with Gasteiger partial charge in [0.1, 0.15) is 0 Å². The molecule has 20 heavy (non-hydrogen) atoms. The fraction of sp³-hybridized carbons (Fsp3) is 0.667. The molecule has 5 heteroatoms. The lowest BCUT2D eigenvalue weighted by Crippen LogP contribution is -2.42. The molecule has 1 aromatic heterocycles. The van der Waals surface area contributed by atoms with Crippen molar-refractivity contribution in [2.45, 2.75) is 45.1 Å². The van der Waals surface area contributed by atoms with Gasteiger partial charge in [0.2, 0.25) is 5.91 Å². The van der Waals surface area contributed by atoms with Gasteiger partial charge in [-0.1, -0.05) is 6.92 Å². The Morgan fingerprint density at radius 1 is 1.55 bits per heavy atom. The van der Waals surface area contributed by atoms with E-state index in [2.05, 4.69) is 45.2 Å². The Bertz CT molecular complexity index is 429. The van der Waals surface area contributed by atoms with Crippen molar-refractivity contribution in [1.82, 2.24) is 10.2 Å². The number of nitrogens with one attached hydrogen (secondary N) is 1. The number of hydrogen-bond acceptors (Lipinski definition) is 3. The van der Waals surface area contributed by atoms with E-state index in [-0.39, 0.29) is 0 Å². The van der Waals surface area contributed by atoms with Crippen LogP contribution in [0.4, 0.5) is 0 Å². The van der Waals surface area contributed by atoms with Crippen LogP contribution in [-0.2, 0) is 11.2 Å². The third kappa shape index (κ3) is 4.57. The predicted molar refractivity (Wildman–Crippen MR) is 88.2 cm³/mol. The minimum absolute atomic E-state index is 0.330. The number of aryl methyl sites for hydroxylation is 1. The van der Waals surface area contributed by atoms with Crippen molar-refractivity contribution < 1.29 is 4.79 Å². The topological polar surface area (TPSA) is 32.3 Å². The van der Waals surface area contributed by atoms with Crippen LogP contribution in [0.5, 0.6) is 0 Å². The van der Waals surface area contributed by atoms with E-state index in [1.165, 1.54) is 8.66 Å². The Morgan fingerprint density at radius 3 is 3.00 bits per heavy atom. The van der Waals surface area contributed by atoms with Crippen molar-refractivity contribution >= 4 is 33.2 Å². The lowest BCUT2D eigenvalue weighted by molar-refractivity contribution is -0.133. The zero-order valence-corrected chi connectivity index (χ0v) is 14.4. The van der Waals surface area contributed by atoms with Gasteiger partial charge in [0.15, 0.2) is 0 Å². The molecule has 0 spiro atoms. The third-order valence-corrected chi connectivity index (χ3v) is 5.39. The Hall–Kier alpha value is -0.390. The Labute approximate surface area is 133 Å². The molecule has 1 aliphatic rings. The van der Waals surface area contributed by atoms with Crippen LogP contribution in [0, 0.1) is 0 Å². The van der Waals surface area contributed by atoms with E-state index >= 15 is 0 Å². The molecule has 3 nitrogen and oxygen atoms in total. The summed E-state index contributed by atoms with van der Waals surface area (Å²) in [6.07, 6.45) is 4.77. The Balaban J connectivity index is 1.78. The maximum atomic E-state index is 12.4. The molecule has 1 aliphatic heterocycles. The normalized spacial score (nSPS) is 18.4. The van der Waals surface area contributed by atoms with Gasteiger partial charge in [0.05, 0.1) is 3.79 Å². The first-order valence-corrected chi connectivity index (χ1v) is 9.06. The summed E-state index contributed by atoms with van der Waals surface area (Å²) >= 11 is 5.24. The molecule has 0 saturated carbocycles. The number of carbonyl (C=O) groups excluding carboxylic acids is 1. The summed E-state index contributed by atoms with van der Waals surface area (Å²) < 4.78 is 1.17. The zero-order chi connectivity index (χ0) is 14.4. The van der Waals surface area contributed by atoms with Gasteiger partial charge >= 0.3 is 0 Å². The van der Waals surface area contributed by atoms with Crippen LogP contribution in [0.1, 0.15) is 37.5 Å². The largest absolute Gasteiger partial charge is 0.338 e.